The third-order valence-corrected chi connectivity index (χ3v) is 11.0. The third-order valence-electron chi connectivity index (χ3n) is 11.0. The lowest BCUT2D eigenvalue weighted by Gasteiger charge is -2.61. The van der Waals surface area contributed by atoms with Gasteiger partial charge in [-0.3, -0.25) is 0 Å². The second kappa shape index (κ2) is 6.64. The second-order valence-electron chi connectivity index (χ2n) is 12.0. The van der Waals surface area contributed by atoms with Crippen molar-refractivity contribution in [3.63, 3.8) is 0 Å². The molecule has 0 amide bonds. The summed E-state index contributed by atoms with van der Waals surface area (Å²) in [6, 6.07) is 0. The first kappa shape index (κ1) is 19.7. The molecule has 160 valence electrons. The van der Waals surface area contributed by atoms with Gasteiger partial charge in [0.05, 0.1) is 0 Å². The van der Waals surface area contributed by atoms with Crippen molar-refractivity contribution in [2.75, 3.05) is 0 Å². The fourth-order valence-electron chi connectivity index (χ4n) is 9.21. The Morgan fingerprint density at radius 3 is 2.18 bits per heavy atom. The lowest BCUT2D eigenvalue weighted by atomic mass is 9.44. The summed E-state index contributed by atoms with van der Waals surface area (Å²) in [4.78, 5) is 0. The van der Waals surface area contributed by atoms with Crippen molar-refractivity contribution in [2.45, 2.75) is 103 Å². The van der Waals surface area contributed by atoms with Gasteiger partial charge in [-0.15, -0.1) is 0 Å². The zero-order valence-electron chi connectivity index (χ0n) is 17.9. The van der Waals surface area contributed by atoms with Gasteiger partial charge in [0.15, 0.2) is 0 Å². The third kappa shape index (κ3) is 3.16. The van der Waals surface area contributed by atoms with Gasteiger partial charge in [-0.05, 0) is 129 Å². The molecule has 3 heteroatoms. The number of alkyl halides is 3. The second-order valence-corrected chi connectivity index (χ2v) is 12.0. The summed E-state index contributed by atoms with van der Waals surface area (Å²) in [7, 11) is 0. The monoisotopic (exact) mass is 396 g/mol. The van der Waals surface area contributed by atoms with Crippen LogP contribution in [-0.4, -0.2) is 6.18 Å². The number of hydrogen-bond acceptors (Lipinski definition) is 0. The van der Waals surface area contributed by atoms with Gasteiger partial charge in [-0.25, -0.2) is 0 Å². The summed E-state index contributed by atoms with van der Waals surface area (Å²) in [5, 5.41) is 0. The van der Waals surface area contributed by atoms with E-state index in [2.05, 4.69) is 13.8 Å². The highest BCUT2D eigenvalue weighted by molar-refractivity contribution is 5.09. The highest BCUT2D eigenvalue weighted by atomic mass is 19.4. The topological polar surface area (TPSA) is 0 Å². The summed E-state index contributed by atoms with van der Waals surface area (Å²) >= 11 is 0. The zero-order chi connectivity index (χ0) is 19.7. The lowest BCUT2D eigenvalue weighted by molar-refractivity contribution is -0.144. The van der Waals surface area contributed by atoms with Gasteiger partial charge >= 0.3 is 6.18 Å². The quantitative estimate of drug-likeness (QED) is 0.453. The van der Waals surface area contributed by atoms with E-state index in [1.165, 1.54) is 64.2 Å². The van der Waals surface area contributed by atoms with Crippen molar-refractivity contribution in [1.82, 2.24) is 0 Å². The Hall–Kier alpha value is -0.210. The van der Waals surface area contributed by atoms with Crippen LogP contribution >= 0.6 is 0 Å². The van der Waals surface area contributed by atoms with Crippen LogP contribution in [0.25, 0.3) is 0 Å². The van der Waals surface area contributed by atoms with Crippen LogP contribution in [0.2, 0.25) is 0 Å². The van der Waals surface area contributed by atoms with Crippen molar-refractivity contribution in [3.05, 3.63) is 0 Å². The van der Waals surface area contributed by atoms with E-state index in [0.717, 1.165) is 36.0 Å². The van der Waals surface area contributed by atoms with Gasteiger partial charge < -0.3 is 0 Å². The van der Waals surface area contributed by atoms with E-state index in [1.807, 2.05) is 0 Å². The molecule has 0 radical (unpaired) electrons. The van der Waals surface area contributed by atoms with Crippen LogP contribution in [0.15, 0.2) is 0 Å². The van der Waals surface area contributed by atoms with Crippen LogP contribution in [0.3, 0.4) is 0 Å². The van der Waals surface area contributed by atoms with E-state index in [0.29, 0.717) is 23.7 Å². The Morgan fingerprint density at radius 1 is 0.750 bits per heavy atom. The summed E-state index contributed by atoms with van der Waals surface area (Å²) < 4.78 is 38.6. The maximum absolute atomic E-state index is 12.9. The fraction of sp³-hybridized carbons (Fsp3) is 1.00. The van der Waals surface area contributed by atoms with Gasteiger partial charge in [-0.2, -0.15) is 13.2 Å². The Bertz CT molecular complexity index is 593. The Balaban J connectivity index is 1.30. The molecule has 0 aromatic rings. The Kier molecular flexibility index (Phi) is 4.68. The van der Waals surface area contributed by atoms with E-state index in [9.17, 15) is 13.2 Å². The molecule has 8 unspecified atom stereocenters. The van der Waals surface area contributed by atoms with Crippen molar-refractivity contribution < 1.29 is 13.2 Å². The first-order chi connectivity index (χ1) is 13.2. The molecule has 0 nitrogen and oxygen atoms in total. The molecule has 0 N–H and O–H groups in total. The minimum Gasteiger partial charge on any atom is -0.171 e. The molecule has 0 aromatic carbocycles. The maximum Gasteiger partial charge on any atom is 0.389 e. The number of fused-ring (bicyclic) bond motifs is 5. The fourth-order valence-corrected chi connectivity index (χ4v) is 9.21. The predicted octanol–water partition coefficient (Wildman–Crippen LogP) is 8.01. The molecule has 5 rings (SSSR count). The van der Waals surface area contributed by atoms with Gasteiger partial charge in [0, 0.05) is 6.42 Å². The van der Waals surface area contributed by atoms with Crippen molar-refractivity contribution in [2.24, 2.45) is 52.3 Å². The van der Waals surface area contributed by atoms with Crippen LogP contribution in [0.1, 0.15) is 97.3 Å². The molecule has 0 spiro atoms. The average Bonchev–Trinajstić information content (AvgIpc) is 3.41. The van der Waals surface area contributed by atoms with E-state index < -0.39 is 12.6 Å². The van der Waals surface area contributed by atoms with Crippen LogP contribution in [-0.2, 0) is 0 Å². The van der Waals surface area contributed by atoms with E-state index >= 15 is 0 Å². The van der Waals surface area contributed by atoms with E-state index in [1.54, 1.807) is 0 Å². The molecule has 0 aliphatic heterocycles. The summed E-state index contributed by atoms with van der Waals surface area (Å²) in [5.74, 6) is 5.65. The smallest absolute Gasteiger partial charge is 0.171 e. The van der Waals surface area contributed by atoms with Crippen molar-refractivity contribution in [3.8, 4) is 0 Å². The molecule has 0 aromatic heterocycles. The highest BCUT2D eigenvalue weighted by Crippen LogP contribution is 2.69. The molecule has 5 aliphatic carbocycles. The zero-order valence-corrected chi connectivity index (χ0v) is 17.9. The summed E-state index contributed by atoms with van der Waals surface area (Å²) in [5.41, 5.74) is 0.709. The maximum atomic E-state index is 12.9. The predicted molar refractivity (Wildman–Crippen MR) is 107 cm³/mol. The standard InChI is InChI=1S/C25H39F3/c1-23-13-11-22-20(21(23)8-6-18(23)10-14-25(26,27)28)7-5-19-15-17(16-3-4-16)9-12-24(19,22)2/h16-22H,3-15H2,1-2H3. The molecule has 28 heavy (non-hydrogen) atoms. The first-order valence-electron chi connectivity index (χ1n) is 12.3. The molecule has 5 saturated carbocycles. The van der Waals surface area contributed by atoms with Crippen LogP contribution < -0.4 is 0 Å². The number of rotatable bonds is 3. The van der Waals surface area contributed by atoms with Gasteiger partial charge in [0.25, 0.3) is 0 Å². The van der Waals surface area contributed by atoms with Crippen LogP contribution in [0.4, 0.5) is 13.2 Å². The minimum absolute atomic E-state index is 0.181. The highest BCUT2D eigenvalue weighted by Gasteiger charge is 2.60. The lowest BCUT2D eigenvalue weighted by Crippen LogP contribution is -2.53. The molecule has 0 saturated heterocycles. The SMILES string of the molecule is CC12CCC3C(CCC4CC(C5CC5)CCC43C)C1CCC2CCC(F)(F)F. The number of hydrogen-bond donors (Lipinski definition) is 0. The molecule has 5 aliphatic rings. The largest absolute Gasteiger partial charge is 0.389 e. The number of halogens is 3. The molecule has 0 bridgehead atoms. The van der Waals surface area contributed by atoms with Gasteiger partial charge in [-0.1, -0.05) is 13.8 Å². The minimum atomic E-state index is -3.99. The van der Waals surface area contributed by atoms with Crippen molar-refractivity contribution >= 4 is 0 Å². The van der Waals surface area contributed by atoms with Crippen LogP contribution in [0, 0.1) is 52.3 Å². The average molecular weight is 397 g/mol. The normalized spacial score (nSPS) is 51.3. The van der Waals surface area contributed by atoms with E-state index in [-0.39, 0.29) is 5.41 Å². The molecular formula is C25H39F3. The Labute approximate surface area is 169 Å². The molecule has 5 fully saturated rings. The van der Waals surface area contributed by atoms with Crippen LogP contribution in [0.5, 0.6) is 0 Å². The van der Waals surface area contributed by atoms with Gasteiger partial charge in [0.2, 0.25) is 0 Å². The van der Waals surface area contributed by atoms with Gasteiger partial charge in [0.1, 0.15) is 0 Å². The summed E-state index contributed by atoms with van der Waals surface area (Å²) in [6.07, 6.45) is 10.7. The summed E-state index contributed by atoms with van der Waals surface area (Å²) in [6.45, 7) is 5.00. The molecular weight excluding hydrogens is 357 g/mol. The first-order valence-corrected chi connectivity index (χ1v) is 12.3. The van der Waals surface area contributed by atoms with Crippen molar-refractivity contribution in [1.29, 1.82) is 0 Å². The Morgan fingerprint density at radius 2 is 1.46 bits per heavy atom. The molecule has 0 heterocycles. The van der Waals surface area contributed by atoms with E-state index in [4.69, 9.17) is 0 Å². The molecule has 8 atom stereocenters.